The maximum absolute atomic E-state index is 12.0. The summed E-state index contributed by atoms with van der Waals surface area (Å²) in [6.45, 7) is 4.83. The minimum atomic E-state index is -0.390. The molecule has 1 amide bonds. The number of nitrogens with zero attached hydrogens (tertiary/aromatic N) is 2. The molecule has 0 saturated heterocycles. The largest absolute Gasteiger partial charge is 0.366 e. The SMILES string of the molecule is Cc1c(C(N)=O)c(-c2cccnc2)c(C)n1CCc1cccs1. The molecular weight excluding hydrogens is 306 g/mol. The summed E-state index contributed by atoms with van der Waals surface area (Å²) in [6, 6.07) is 8.03. The third kappa shape index (κ3) is 2.92. The first-order valence-corrected chi connectivity index (χ1v) is 8.40. The Hall–Kier alpha value is -2.40. The summed E-state index contributed by atoms with van der Waals surface area (Å²) in [5.41, 5.74) is 10.1. The fraction of sp³-hybridized carbons (Fsp3) is 0.222. The number of carbonyl (C=O) groups is 1. The van der Waals surface area contributed by atoms with E-state index in [1.54, 1.807) is 23.7 Å². The average molecular weight is 325 g/mol. The quantitative estimate of drug-likeness (QED) is 0.779. The molecule has 5 heteroatoms. The smallest absolute Gasteiger partial charge is 0.251 e. The van der Waals surface area contributed by atoms with Gasteiger partial charge in [0.25, 0.3) is 5.91 Å². The number of aromatic nitrogens is 2. The van der Waals surface area contributed by atoms with E-state index < -0.39 is 0 Å². The number of hydrogen-bond donors (Lipinski definition) is 1. The zero-order valence-electron chi connectivity index (χ0n) is 13.2. The normalized spacial score (nSPS) is 10.9. The van der Waals surface area contributed by atoms with Crippen molar-refractivity contribution in [3.05, 3.63) is 63.9 Å². The molecule has 3 aromatic rings. The van der Waals surface area contributed by atoms with E-state index in [0.29, 0.717) is 5.56 Å². The van der Waals surface area contributed by atoms with E-state index in [1.165, 1.54) is 4.88 Å². The van der Waals surface area contributed by atoms with Crippen molar-refractivity contribution in [3.8, 4) is 11.1 Å². The summed E-state index contributed by atoms with van der Waals surface area (Å²) in [7, 11) is 0. The molecular formula is C18H19N3OS. The van der Waals surface area contributed by atoms with Crippen LogP contribution < -0.4 is 5.73 Å². The van der Waals surface area contributed by atoms with Crippen LogP contribution in [0.2, 0.25) is 0 Å². The maximum Gasteiger partial charge on any atom is 0.251 e. The Morgan fingerprint density at radius 3 is 2.70 bits per heavy atom. The van der Waals surface area contributed by atoms with Gasteiger partial charge >= 0.3 is 0 Å². The number of pyridine rings is 1. The number of nitrogens with two attached hydrogens (primary N) is 1. The molecule has 0 aromatic carbocycles. The molecule has 0 unspecified atom stereocenters. The van der Waals surface area contributed by atoms with E-state index in [4.69, 9.17) is 5.73 Å². The van der Waals surface area contributed by atoms with Crippen LogP contribution in [-0.4, -0.2) is 15.5 Å². The van der Waals surface area contributed by atoms with Gasteiger partial charge in [0.15, 0.2) is 0 Å². The van der Waals surface area contributed by atoms with Gasteiger partial charge in [-0.3, -0.25) is 9.78 Å². The van der Waals surface area contributed by atoms with Gasteiger partial charge in [0, 0.05) is 46.3 Å². The van der Waals surface area contributed by atoms with Crippen LogP contribution in [-0.2, 0) is 13.0 Å². The predicted molar refractivity (Wildman–Crippen MR) is 93.7 cm³/mol. The van der Waals surface area contributed by atoms with Crippen LogP contribution in [0, 0.1) is 13.8 Å². The Morgan fingerprint density at radius 1 is 1.26 bits per heavy atom. The number of carbonyl (C=O) groups excluding carboxylic acids is 1. The molecule has 0 fully saturated rings. The van der Waals surface area contributed by atoms with Crippen LogP contribution in [0.15, 0.2) is 42.0 Å². The first-order chi connectivity index (χ1) is 11.1. The van der Waals surface area contributed by atoms with E-state index >= 15 is 0 Å². The standard InChI is InChI=1S/C18H19N3OS/c1-12-16(14-5-3-8-20-11-14)17(18(19)22)13(2)21(12)9-7-15-6-4-10-23-15/h3-6,8,10-11H,7,9H2,1-2H3,(H2,19,22). The minimum absolute atomic E-state index is 0.390. The van der Waals surface area contributed by atoms with Gasteiger partial charge in [-0.1, -0.05) is 12.1 Å². The number of hydrogen-bond acceptors (Lipinski definition) is 3. The highest BCUT2D eigenvalue weighted by Crippen LogP contribution is 2.32. The van der Waals surface area contributed by atoms with Crippen molar-refractivity contribution in [1.82, 2.24) is 9.55 Å². The van der Waals surface area contributed by atoms with Gasteiger partial charge in [0.2, 0.25) is 0 Å². The highest BCUT2D eigenvalue weighted by atomic mass is 32.1. The van der Waals surface area contributed by atoms with Crippen LogP contribution in [0.1, 0.15) is 26.6 Å². The summed E-state index contributed by atoms with van der Waals surface area (Å²) >= 11 is 1.75. The number of rotatable bonds is 5. The van der Waals surface area contributed by atoms with Crippen molar-refractivity contribution in [2.75, 3.05) is 0 Å². The molecule has 4 nitrogen and oxygen atoms in total. The van der Waals surface area contributed by atoms with Crippen molar-refractivity contribution in [2.45, 2.75) is 26.8 Å². The number of thiophene rings is 1. The second kappa shape index (κ2) is 6.38. The van der Waals surface area contributed by atoms with Crippen LogP contribution in [0.4, 0.5) is 0 Å². The lowest BCUT2D eigenvalue weighted by Crippen LogP contribution is -2.13. The van der Waals surface area contributed by atoms with Crippen molar-refractivity contribution < 1.29 is 4.79 Å². The molecule has 0 radical (unpaired) electrons. The lowest BCUT2D eigenvalue weighted by Gasteiger charge is -2.09. The summed E-state index contributed by atoms with van der Waals surface area (Å²) in [4.78, 5) is 17.5. The van der Waals surface area contributed by atoms with E-state index in [1.807, 2.05) is 26.0 Å². The molecule has 0 spiro atoms. The van der Waals surface area contributed by atoms with Crippen LogP contribution in [0.25, 0.3) is 11.1 Å². The topological polar surface area (TPSA) is 60.9 Å². The van der Waals surface area contributed by atoms with Gasteiger partial charge in [-0.15, -0.1) is 11.3 Å². The van der Waals surface area contributed by atoms with Crippen LogP contribution in [0.3, 0.4) is 0 Å². The predicted octanol–water partition coefficient (Wildman–Crippen LogP) is 3.57. The third-order valence-corrected chi connectivity index (χ3v) is 5.08. The van der Waals surface area contributed by atoms with Crippen molar-refractivity contribution in [3.63, 3.8) is 0 Å². The number of aryl methyl sites for hydroxylation is 1. The molecule has 3 aromatic heterocycles. The molecule has 2 N–H and O–H groups in total. The molecule has 0 bridgehead atoms. The summed E-state index contributed by atoms with van der Waals surface area (Å²) < 4.78 is 2.18. The average Bonchev–Trinajstić information content (AvgIpc) is 3.13. The minimum Gasteiger partial charge on any atom is -0.366 e. The summed E-state index contributed by atoms with van der Waals surface area (Å²) in [5, 5.41) is 2.08. The van der Waals surface area contributed by atoms with Gasteiger partial charge in [-0.2, -0.15) is 0 Å². The number of primary amides is 1. The van der Waals surface area contributed by atoms with Gasteiger partial charge in [0.05, 0.1) is 5.56 Å². The van der Waals surface area contributed by atoms with Crippen molar-refractivity contribution in [1.29, 1.82) is 0 Å². The highest BCUT2D eigenvalue weighted by molar-refractivity contribution is 7.09. The van der Waals surface area contributed by atoms with Gasteiger partial charge in [-0.05, 0) is 37.8 Å². The highest BCUT2D eigenvalue weighted by Gasteiger charge is 2.22. The van der Waals surface area contributed by atoms with E-state index in [-0.39, 0.29) is 5.91 Å². The zero-order valence-corrected chi connectivity index (χ0v) is 14.1. The monoisotopic (exact) mass is 325 g/mol. The summed E-state index contributed by atoms with van der Waals surface area (Å²) in [6.07, 6.45) is 4.44. The molecule has 0 aliphatic rings. The Morgan fingerprint density at radius 2 is 2.09 bits per heavy atom. The van der Waals surface area contributed by atoms with Crippen LogP contribution >= 0.6 is 11.3 Å². The Balaban J connectivity index is 2.05. The maximum atomic E-state index is 12.0. The Kier molecular flexibility index (Phi) is 4.30. The first kappa shape index (κ1) is 15.5. The van der Waals surface area contributed by atoms with E-state index in [9.17, 15) is 4.79 Å². The van der Waals surface area contributed by atoms with Gasteiger partial charge in [-0.25, -0.2) is 0 Å². The van der Waals surface area contributed by atoms with Gasteiger partial charge in [0.1, 0.15) is 0 Å². The third-order valence-electron chi connectivity index (χ3n) is 4.14. The van der Waals surface area contributed by atoms with Gasteiger partial charge < -0.3 is 10.3 Å². The van der Waals surface area contributed by atoms with Crippen LogP contribution in [0.5, 0.6) is 0 Å². The number of amides is 1. The summed E-state index contributed by atoms with van der Waals surface area (Å²) in [5.74, 6) is -0.390. The Bertz CT molecular complexity index is 820. The molecule has 0 aliphatic heterocycles. The first-order valence-electron chi connectivity index (χ1n) is 7.52. The molecule has 118 valence electrons. The lowest BCUT2D eigenvalue weighted by molar-refractivity contribution is 0.1000. The second-order valence-electron chi connectivity index (χ2n) is 5.51. The fourth-order valence-electron chi connectivity index (χ4n) is 3.06. The molecule has 23 heavy (non-hydrogen) atoms. The van der Waals surface area contributed by atoms with E-state index in [0.717, 1.165) is 35.5 Å². The van der Waals surface area contributed by atoms with Crippen molar-refractivity contribution in [2.24, 2.45) is 5.73 Å². The fourth-order valence-corrected chi connectivity index (χ4v) is 3.76. The zero-order chi connectivity index (χ0) is 16.4. The molecule has 3 rings (SSSR count). The molecule has 0 aliphatic carbocycles. The Labute approximate surface area is 139 Å². The molecule has 0 atom stereocenters. The second-order valence-corrected chi connectivity index (χ2v) is 6.54. The van der Waals surface area contributed by atoms with Crippen molar-refractivity contribution >= 4 is 17.2 Å². The molecule has 3 heterocycles. The molecule has 0 saturated carbocycles. The lowest BCUT2D eigenvalue weighted by atomic mass is 10.0. The van der Waals surface area contributed by atoms with E-state index in [2.05, 4.69) is 27.1 Å².